The van der Waals surface area contributed by atoms with Crippen molar-refractivity contribution in [3.05, 3.63) is 22.4 Å². The Morgan fingerprint density at radius 2 is 2.53 bits per heavy atom. The average Bonchev–Trinajstić information content (AvgIpc) is 2.85. The van der Waals surface area contributed by atoms with Gasteiger partial charge in [-0.05, 0) is 23.8 Å². The van der Waals surface area contributed by atoms with E-state index in [0.717, 1.165) is 18.5 Å². The second-order valence-corrected chi connectivity index (χ2v) is 4.81. The molecule has 4 heteroatoms. The summed E-state index contributed by atoms with van der Waals surface area (Å²) in [5, 5.41) is 13.0. The first-order valence-corrected chi connectivity index (χ1v) is 6.12. The number of aliphatic hydroxyl groups is 1. The van der Waals surface area contributed by atoms with Crippen molar-refractivity contribution in [1.82, 2.24) is 4.90 Å². The Bertz CT molecular complexity index is 336. The molecule has 1 N–H and O–H groups in total. The molecule has 0 aliphatic carbocycles. The maximum Gasteiger partial charge on any atom is 0.255 e. The van der Waals surface area contributed by atoms with Crippen molar-refractivity contribution < 1.29 is 9.90 Å². The lowest BCUT2D eigenvalue weighted by atomic mass is 10.0. The van der Waals surface area contributed by atoms with Gasteiger partial charge >= 0.3 is 0 Å². The van der Waals surface area contributed by atoms with Crippen LogP contribution in [0, 0.1) is 5.92 Å². The molecule has 1 aliphatic heterocycles. The molecule has 0 bridgehead atoms. The lowest BCUT2D eigenvalue weighted by Gasteiger charge is -2.24. The predicted molar refractivity (Wildman–Crippen MR) is 60.0 cm³/mol. The number of rotatable bonds is 2. The Hall–Kier alpha value is -0.870. The van der Waals surface area contributed by atoms with E-state index in [9.17, 15) is 9.90 Å². The van der Waals surface area contributed by atoms with Crippen LogP contribution in [-0.4, -0.2) is 35.1 Å². The van der Waals surface area contributed by atoms with Crippen molar-refractivity contribution in [3.8, 4) is 0 Å². The van der Waals surface area contributed by atoms with Gasteiger partial charge < -0.3 is 10.0 Å². The Balaban J connectivity index is 2.14. The van der Waals surface area contributed by atoms with Gasteiger partial charge in [0.1, 0.15) is 0 Å². The Labute approximate surface area is 93.3 Å². The second-order valence-electron chi connectivity index (χ2n) is 4.03. The molecule has 0 aromatic carbocycles. The molecule has 0 radical (unpaired) electrons. The summed E-state index contributed by atoms with van der Waals surface area (Å²) >= 11 is 1.53. The fourth-order valence-electron chi connectivity index (χ4n) is 2.09. The van der Waals surface area contributed by atoms with Gasteiger partial charge in [0, 0.05) is 11.9 Å². The minimum atomic E-state index is -0.00241. The van der Waals surface area contributed by atoms with E-state index in [2.05, 4.69) is 6.92 Å². The topological polar surface area (TPSA) is 40.5 Å². The van der Waals surface area contributed by atoms with Crippen molar-refractivity contribution in [3.63, 3.8) is 0 Å². The van der Waals surface area contributed by atoms with Crippen LogP contribution in [0.4, 0.5) is 0 Å². The van der Waals surface area contributed by atoms with E-state index in [0.29, 0.717) is 5.92 Å². The molecule has 2 unspecified atom stereocenters. The molecule has 2 rings (SSSR count). The summed E-state index contributed by atoms with van der Waals surface area (Å²) < 4.78 is 0. The van der Waals surface area contributed by atoms with Crippen LogP contribution in [-0.2, 0) is 0 Å². The molecule has 0 spiro atoms. The molecule has 1 aromatic heterocycles. The van der Waals surface area contributed by atoms with Gasteiger partial charge in [-0.15, -0.1) is 0 Å². The molecule has 2 atom stereocenters. The molecule has 2 heterocycles. The number of hydrogen-bond donors (Lipinski definition) is 1. The van der Waals surface area contributed by atoms with Crippen molar-refractivity contribution in [2.45, 2.75) is 19.4 Å². The van der Waals surface area contributed by atoms with Crippen molar-refractivity contribution in [2.24, 2.45) is 5.92 Å². The van der Waals surface area contributed by atoms with Crippen LogP contribution in [0.25, 0.3) is 0 Å². The van der Waals surface area contributed by atoms with Crippen molar-refractivity contribution in [2.75, 3.05) is 13.2 Å². The first kappa shape index (κ1) is 10.6. The van der Waals surface area contributed by atoms with E-state index >= 15 is 0 Å². The van der Waals surface area contributed by atoms with Crippen LogP contribution in [0.2, 0.25) is 0 Å². The van der Waals surface area contributed by atoms with Crippen molar-refractivity contribution >= 4 is 17.2 Å². The lowest BCUT2D eigenvalue weighted by molar-refractivity contribution is 0.0649. The van der Waals surface area contributed by atoms with Crippen LogP contribution in [0.5, 0.6) is 0 Å². The molecule has 1 amide bonds. The third kappa shape index (κ3) is 1.92. The van der Waals surface area contributed by atoms with Crippen LogP contribution in [0.15, 0.2) is 16.8 Å². The minimum absolute atomic E-state index is 0.00241. The van der Waals surface area contributed by atoms with E-state index in [1.807, 2.05) is 16.8 Å². The first-order chi connectivity index (χ1) is 7.24. The highest BCUT2D eigenvalue weighted by Gasteiger charge is 2.34. The summed E-state index contributed by atoms with van der Waals surface area (Å²) in [5.74, 6) is 0.456. The first-order valence-electron chi connectivity index (χ1n) is 5.18. The van der Waals surface area contributed by atoms with Crippen LogP contribution in [0.1, 0.15) is 23.7 Å². The van der Waals surface area contributed by atoms with Gasteiger partial charge in [-0.3, -0.25) is 4.79 Å². The Morgan fingerprint density at radius 1 is 1.73 bits per heavy atom. The highest BCUT2D eigenvalue weighted by atomic mass is 32.1. The molecule has 82 valence electrons. The quantitative estimate of drug-likeness (QED) is 0.830. The number of carbonyl (C=O) groups is 1. The monoisotopic (exact) mass is 225 g/mol. The highest BCUT2D eigenvalue weighted by Crippen LogP contribution is 2.25. The molecular weight excluding hydrogens is 210 g/mol. The third-order valence-electron chi connectivity index (χ3n) is 3.10. The Kier molecular flexibility index (Phi) is 3.07. The summed E-state index contributed by atoms with van der Waals surface area (Å²) in [7, 11) is 0. The fourth-order valence-corrected chi connectivity index (χ4v) is 2.72. The van der Waals surface area contributed by atoms with Gasteiger partial charge in [-0.1, -0.05) is 6.92 Å². The van der Waals surface area contributed by atoms with Crippen molar-refractivity contribution in [1.29, 1.82) is 0 Å². The number of likely N-dealkylation sites (tertiary alicyclic amines) is 1. The molecule has 0 saturated carbocycles. The number of aliphatic hydroxyl groups excluding tert-OH is 1. The smallest absolute Gasteiger partial charge is 0.255 e. The summed E-state index contributed by atoms with van der Waals surface area (Å²) in [6, 6.07) is 1.84. The van der Waals surface area contributed by atoms with Crippen LogP contribution >= 0.6 is 11.3 Å². The number of hydrogen-bond acceptors (Lipinski definition) is 3. The normalized spacial score (nSPS) is 25.9. The maximum absolute atomic E-state index is 12.0. The molecule has 1 aromatic rings. The van der Waals surface area contributed by atoms with Gasteiger partial charge in [0.25, 0.3) is 5.91 Å². The molecule has 1 aliphatic rings. The summed E-state index contributed by atoms with van der Waals surface area (Å²) in [4.78, 5) is 13.8. The zero-order valence-corrected chi connectivity index (χ0v) is 9.54. The van der Waals surface area contributed by atoms with Gasteiger partial charge in [0.2, 0.25) is 0 Å². The highest BCUT2D eigenvalue weighted by molar-refractivity contribution is 7.08. The number of carbonyl (C=O) groups excluding carboxylic acids is 1. The standard InChI is InChI=1S/C11H15NO2S/c1-8-2-4-12(10(8)6-13)11(14)9-3-5-15-7-9/h3,5,7-8,10,13H,2,4,6H2,1H3. The zero-order valence-electron chi connectivity index (χ0n) is 8.72. The molecular formula is C11H15NO2S. The van der Waals surface area contributed by atoms with E-state index in [-0.39, 0.29) is 18.6 Å². The fraction of sp³-hybridized carbons (Fsp3) is 0.545. The summed E-state index contributed by atoms with van der Waals surface area (Å²) in [6.07, 6.45) is 0.987. The van der Waals surface area contributed by atoms with E-state index < -0.39 is 0 Å². The molecule has 1 saturated heterocycles. The van der Waals surface area contributed by atoms with Gasteiger partial charge in [-0.2, -0.15) is 11.3 Å². The van der Waals surface area contributed by atoms with Gasteiger partial charge in [-0.25, -0.2) is 0 Å². The van der Waals surface area contributed by atoms with Gasteiger partial charge in [0.15, 0.2) is 0 Å². The summed E-state index contributed by atoms with van der Waals surface area (Å²) in [5.41, 5.74) is 0.743. The molecule has 1 fully saturated rings. The number of thiophene rings is 1. The number of amides is 1. The zero-order chi connectivity index (χ0) is 10.8. The van der Waals surface area contributed by atoms with E-state index in [4.69, 9.17) is 0 Å². The van der Waals surface area contributed by atoms with Crippen LogP contribution in [0.3, 0.4) is 0 Å². The predicted octanol–water partition coefficient (Wildman–Crippen LogP) is 1.59. The van der Waals surface area contributed by atoms with E-state index in [1.165, 1.54) is 11.3 Å². The maximum atomic E-state index is 12.0. The Morgan fingerprint density at radius 3 is 3.13 bits per heavy atom. The lowest BCUT2D eigenvalue weighted by Crippen LogP contribution is -2.39. The molecule has 3 nitrogen and oxygen atoms in total. The van der Waals surface area contributed by atoms with Crippen LogP contribution < -0.4 is 0 Å². The largest absolute Gasteiger partial charge is 0.394 e. The second kappa shape index (κ2) is 4.33. The SMILES string of the molecule is CC1CCN(C(=O)c2ccsc2)C1CO. The molecule has 15 heavy (non-hydrogen) atoms. The third-order valence-corrected chi connectivity index (χ3v) is 3.78. The average molecular weight is 225 g/mol. The summed E-state index contributed by atoms with van der Waals surface area (Å²) in [6.45, 7) is 2.92. The number of nitrogens with zero attached hydrogens (tertiary/aromatic N) is 1. The minimum Gasteiger partial charge on any atom is -0.394 e. The van der Waals surface area contributed by atoms with Gasteiger partial charge in [0.05, 0.1) is 18.2 Å². The van der Waals surface area contributed by atoms with E-state index in [1.54, 1.807) is 4.90 Å².